The first-order valence-electron chi connectivity index (χ1n) is 5.09. The fourth-order valence-corrected chi connectivity index (χ4v) is 4.27. The molecule has 2 rings (SSSR count). The number of nitrogens with zero attached hydrogens (tertiary/aromatic N) is 1. The zero-order valence-corrected chi connectivity index (χ0v) is 11.8. The number of carbonyl (C=O) groups is 2. The summed E-state index contributed by atoms with van der Waals surface area (Å²) in [4.78, 5) is 24.9. The molecule has 0 spiro atoms. The molecule has 1 heterocycles. The summed E-state index contributed by atoms with van der Waals surface area (Å²) < 4.78 is -0.110. The van der Waals surface area contributed by atoms with Crippen LogP contribution in [-0.2, 0) is 9.59 Å². The van der Waals surface area contributed by atoms with Gasteiger partial charge in [-0.3, -0.25) is 9.59 Å². The van der Waals surface area contributed by atoms with Crippen molar-refractivity contribution < 1.29 is 9.59 Å². The number of carbonyl (C=O) groups excluding carboxylic acids is 2. The molecule has 0 bridgehead atoms. The Bertz CT molecular complexity index is 329. The molecule has 0 N–H and O–H groups in total. The van der Waals surface area contributed by atoms with E-state index in [0.717, 1.165) is 0 Å². The summed E-state index contributed by atoms with van der Waals surface area (Å²) in [6.45, 7) is 4.09. The molecule has 0 aromatic rings. The Morgan fingerprint density at radius 3 is 2.53 bits per heavy atom. The summed E-state index contributed by atoms with van der Waals surface area (Å²) in [6.07, 6.45) is 0.473. The van der Waals surface area contributed by atoms with E-state index in [-0.39, 0.29) is 26.9 Å². The van der Waals surface area contributed by atoms with Gasteiger partial charge in [0.25, 0.3) is 0 Å². The number of ketones is 1. The average Bonchev–Trinajstić information content (AvgIpc) is 2.60. The lowest BCUT2D eigenvalue weighted by molar-refractivity contribution is -0.137. The smallest absolute Gasteiger partial charge is 0.222 e. The zero-order chi connectivity index (χ0) is 11.4. The molecule has 1 saturated heterocycles. The number of halogens is 2. The van der Waals surface area contributed by atoms with Crippen LogP contribution >= 0.6 is 31.9 Å². The van der Waals surface area contributed by atoms with E-state index in [1.54, 1.807) is 11.8 Å². The molecule has 2 aliphatic rings. The fraction of sp³-hybridized carbons (Fsp3) is 0.800. The van der Waals surface area contributed by atoms with Gasteiger partial charge in [-0.2, -0.15) is 0 Å². The second-order valence-electron chi connectivity index (χ2n) is 4.26. The number of amides is 1. The van der Waals surface area contributed by atoms with E-state index in [1.807, 2.05) is 6.92 Å². The van der Waals surface area contributed by atoms with Gasteiger partial charge in [-0.1, -0.05) is 38.8 Å². The van der Waals surface area contributed by atoms with Crippen molar-refractivity contribution in [1.82, 2.24) is 4.90 Å². The van der Waals surface area contributed by atoms with E-state index in [1.165, 1.54) is 0 Å². The van der Waals surface area contributed by atoms with Crippen molar-refractivity contribution in [2.45, 2.75) is 29.5 Å². The van der Waals surface area contributed by atoms with Crippen molar-refractivity contribution in [2.24, 2.45) is 11.8 Å². The van der Waals surface area contributed by atoms with Gasteiger partial charge in [0.15, 0.2) is 5.78 Å². The molecule has 84 valence electrons. The van der Waals surface area contributed by atoms with Gasteiger partial charge in [0.05, 0.1) is 9.28 Å². The molecule has 0 radical (unpaired) electrons. The molecule has 0 aromatic heterocycles. The molecule has 1 aliphatic carbocycles. The molecule has 3 nitrogen and oxygen atoms in total. The number of piperidine rings is 1. The maximum absolute atomic E-state index is 11.6. The van der Waals surface area contributed by atoms with E-state index < -0.39 is 0 Å². The monoisotopic (exact) mass is 337 g/mol. The first kappa shape index (κ1) is 11.6. The number of likely N-dealkylation sites (tertiary alicyclic amines) is 1. The first-order valence-corrected chi connectivity index (χ1v) is 6.67. The Labute approximate surface area is 106 Å². The number of alkyl halides is 2. The first-order chi connectivity index (χ1) is 6.91. The minimum absolute atomic E-state index is 0.0817. The Morgan fingerprint density at radius 1 is 1.47 bits per heavy atom. The Morgan fingerprint density at radius 2 is 2.07 bits per heavy atom. The van der Waals surface area contributed by atoms with Crippen LogP contribution in [0.5, 0.6) is 0 Å². The normalized spacial score (nSPS) is 36.3. The van der Waals surface area contributed by atoms with Gasteiger partial charge in [-0.05, 0) is 6.92 Å². The third-order valence-corrected chi connectivity index (χ3v) is 5.61. The van der Waals surface area contributed by atoms with E-state index in [4.69, 9.17) is 0 Å². The van der Waals surface area contributed by atoms with Crippen LogP contribution in [0.4, 0.5) is 0 Å². The molecule has 1 saturated carbocycles. The van der Waals surface area contributed by atoms with Crippen LogP contribution in [0.3, 0.4) is 0 Å². The molecule has 0 unspecified atom stereocenters. The molecule has 3 atom stereocenters. The van der Waals surface area contributed by atoms with Crippen LogP contribution in [0.1, 0.15) is 20.3 Å². The van der Waals surface area contributed by atoms with Gasteiger partial charge in [-0.15, -0.1) is 0 Å². The van der Waals surface area contributed by atoms with Crippen molar-refractivity contribution >= 4 is 43.6 Å². The van der Waals surface area contributed by atoms with Gasteiger partial charge < -0.3 is 4.90 Å². The highest BCUT2D eigenvalue weighted by molar-refractivity contribution is 9.25. The lowest BCUT2D eigenvalue weighted by Crippen LogP contribution is -2.44. The largest absolute Gasteiger partial charge is 0.332 e. The molecule has 1 aliphatic heterocycles. The number of Topliss-reactive ketones (excluding diaryl/α,β-unsaturated/α-hetero) is 1. The number of hydrogen-bond acceptors (Lipinski definition) is 2. The van der Waals surface area contributed by atoms with Gasteiger partial charge in [0.2, 0.25) is 5.91 Å². The molecular weight excluding hydrogens is 326 g/mol. The minimum Gasteiger partial charge on any atom is -0.332 e. The highest BCUT2D eigenvalue weighted by atomic mass is 79.9. The molecule has 15 heavy (non-hydrogen) atoms. The zero-order valence-electron chi connectivity index (χ0n) is 8.67. The lowest BCUT2D eigenvalue weighted by Gasteiger charge is -2.27. The third kappa shape index (κ3) is 1.58. The van der Waals surface area contributed by atoms with Crippen LogP contribution in [0.2, 0.25) is 0 Å². The highest BCUT2D eigenvalue weighted by Gasteiger charge is 2.71. The molecule has 5 heteroatoms. The van der Waals surface area contributed by atoms with E-state index in [2.05, 4.69) is 31.9 Å². The van der Waals surface area contributed by atoms with Crippen LogP contribution in [0.15, 0.2) is 0 Å². The van der Waals surface area contributed by atoms with Crippen molar-refractivity contribution in [3.05, 3.63) is 0 Å². The van der Waals surface area contributed by atoms with Crippen molar-refractivity contribution in [2.75, 3.05) is 6.54 Å². The second kappa shape index (κ2) is 3.55. The summed E-state index contributed by atoms with van der Waals surface area (Å²) in [5.74, 6) is 0.788. The summed E-state index contributed by atoms with van der Waals surface area (Å²) in [7, 11) is 0. The summed E-state index contributed by atoms with van der Waals surface area (Å²) in [5, 5.41) is 0. The Balaban J connectivity index is 2.19. The van der Waals surface area contributed by atoms with Gasteiger partial charge in [-0.25, -0.2) is 0 Å². The number of fused-ring (bicyclic) bond motifs is 1. The van der Waals surface area contributed by atoms with Crippen molar-refractivity contribution in [3.8, 4) is 0 Å². The molecule has 2 fully saturated rings. The van der Waals surface area contributed by atoms with Gasteiger partial charge in [0, 0.05) is 24.8 Å². The third-order valence-electron chi connectivity index (χ3n) is 3.37. The summed E-state index contributed by atoms with van der Waals surface area (Å²) >= 11 is 7.13. The van der Waals surface area contributed by atoms with Crippen LogP contribution in [0, 0.1) is 11.8 Å². The average molecular weight is 339 g/mol. The van der Waals surface area contributed by atoms with Crippen molar-refractivity contribution in [1.29, 1.82) is 0 Å². The van der Waals surface area contributed by atoms with E-state index >= 15 is 0 Å². The van der Waals surface area contributed by atoms with Crippen LogP contribution in [0.25, 0.3) is 0 Å². The van der Waals surface area contributed by atoms with Crippen LogP contribution in [-0.4, -0.2) is 32.4 Å². The SMILES string of the molecule is CCC(=O)N1C[C@H]2[C@@H]([C@H]1C(C)=O)C2(Br)Br. The summed E-state index contributed by atoms with van der Waals surface area (Å²) in [5.41, 5.74) is 0. The standard InChI is InChI=1S/C10H13Br2NO2/c1-3-7(15)13-4-6-8(10(6,11)12)9(13)5(2)14/h6,8-9H,3-4H2,1-2H3/t6-,8-,9+/m0/s1. The Kier molecular flexibility index (Phi) is 2.74. The fourth-order valence-electron chi connectivity index (χ4n) is 2.53. The topological polar surface area (TPSA) is 37.4 Å². The van der Waals surface area contributed by atoms with E-state index in [9.17, 15) is 9.59 Å². The van der Waals surface area contributed by atoms with Crippen LogP contribution < -0.4 is 0 Å². The molecule has 1 amide bonds. The van der Waals surface area contributed by atoms with Gasteiger partial charge in [0.1, 0.15) is 0 Å². The van der Waals surface area contributed by atoms with Crippen molar-refractivity contribution in [3.63, 3.8) is 0 Å². The maximum Gasteiger partial charge on any atom is 0.222 e. The van der Waals surface area contributed by atoms with E-state index in [0.29, 0.717) is 18.9 Å². The highest BCUT2D eigenvalue weighted by Crippen LogP contribution is 2.67. The Hall–Kier alpha value is 0.1000. The quantitative estimate of drug-likeness (QED) is 0.721. The predicted octanol–water partition coefficient (Wildman–Crippen LogP) is 1.93. The molecule has 0 aromatic carbocycles. The lowest BCUT2D eigenvalue weighted by atomic mass is 10.1. The predicted molar refractivity (Wildman–Crippen MR) is 64.0 cm³/mol. The number of hydrogen-bond donors (Lipinski definition) is 0. The maximum atomic E-state index is 11.6. The van der Waals surface area contributed by atoms with Gasteiger partial charge >= 0.3 is 0 Å². The number of rotatable bonds is 2. The second-order valence-corrected chi connectivity index (χ2v) is 7.95. The molecular formula is C10H13Br2NO2. The minimum atomic E-state index is -0.235. The summed E-state index contributed by atoms with van der Waals surface area (Å²) in [6, 6.07) is -0.235.